The van der Waals surface area contributed by atoms with Gasteiger partial charge in [0.2, 0.25) is 11.8 Å². The van der Waals surface area contributed by atoms with E-state index in [4.69, 9.17) is 23.2 Å². The van der Waals surface area contributed by atoms with Gasteiger partial charge in [-0.2, -0.15) is 0 Å². The summed E-state index contributed by atoms with van der Waals surface area (Å²) in [6, 6.07) is 3.74. The molecule has 0 spiro atoms. The second kappa shape index (κ2) is 7.16. The van der Waals surface area contributed by atoms with Crippen LogP contribution in [0.15, 0.2) is 24.8 Å². The molecule has 0 radical (unpaired) electrons. The SMILES string of the molecule is C=CC(=O)N1CCC(C(=O)N2CCCc3ccc(Cl)c(Cl)c32)CC1. The molecule has 0 bridgehead atoms. The van der Waals surface area contributed by atoms with Gasteiger partial charge >= 0.3 is 0 Å². The molecule has 3 rings (SSSR count). The Morgan fingerprint density at radius 2 is 1.88 bits per heavy atom. The maximum atomic E-state index is 13.0. The van der Waals surface area contributed by atoms with Gasteiger partial charge in [0.15, 0.2) is 0 Å². The number of nitrogens with zero attached hydrogens (tertiary/aromatic N) is 2. The minimum absolute atomic E-state index is 0.0703. The predicted molar refractivity (Wildman–Crippen MR) is 96.6 cm³/mol. The maximum Gasteiger partial charge on any atom is 0.245 e. The van der Waals surface area contributed by atoms with E-state index >= 15 is 0 Å². The molecule has 1 saturated heterocycles. The molecule has 4 nitrogen and oxygen atoms in total. The maximum absolute atomic E-state index is 13.0. The lowest BCUT2D eigenvalue weighted by Gasteiger charge is -2.36. The van der Waals surface area contributed by atoms with Crippen molar-refractivity contribution in [3.63, 3.8) is 0 Å². The van der Waals surface area contributed by atoms with Gasteiger partial charge in [0.25, 0.3) is 0 Å². The Bertz CT molecular complexity index is 682. The number of likely N-dealkylation sites (tertiary alicyclic amines) is 1. The van der Waals surface area contributed by atoms with Crippen molar-refractivity contribution in [2.45, 2.75) is 25.7 Å². The van der Waals surface area contributed by atoms with Gasteiger partial charge in [-0.25, -0.2) is 0 Å². The Labute approximate surface area is 152 Å². The third kappa shape index (κ3) is 3.17. The number of hydrogen-bond acceptors (Lipinski definition) is 2. The molecule has 0 atom stereocenters. The van der Waals surface area contributed by atoms with Gasteiger partial charge in [-0.3, -0.25) is 9.59 Å². The van der Waals surface area contributed by atoms with Crippen molar-refractivity contribution in [3.8, 4) is 0 Å². The fourth-order valence-electron chi connectivity index (χ4n) is 3.53. The lowest BCUT2D eigenvalue weighted by molar-refractivity contribution is -0.131. The summed E-state index contributed by atoms with van der Waals surface area (Å²) in [5.74, 6) is -0.0651. The van der Waals surface area contributed by atoms with Crippen LogP contribution in [0.25, 0.3) is 0 Å². The molecule has 24 heavy (non-hydrogen) atoms. The van der Waals surface area contributed by atoms with Crippen molar-refractivity contribution in [2.75, 3.05) is 24.5 Å². The third-order valence-corrected chi connectivity index (χ3v) is 5.64. The molecular formula is C18H20Cl2N2O2. The molecule has 0 aromatic heterocycles. The zero-order valence-corrected chi connectivity index (χ0v) is 14.9. The van der Waals surface area contributed by atoms with E-state index in [1.807, 2.05) is 6.07 Å². The quantitative estimate of drug-likeness (QED) is 0.748. The summed E-state index contributed by atoms with van der Waals surface area (Å²) >= 11 is 12.5. The average Bonchev–Trinajstić information content (AvgIpc) is 2.63. The van der Waals surface area contributed by atoms with Crippen LogP contribution in [0, 0.1) is 5.92 Å². The molecular weight excluding hydrogens is 347 g/mol. The van der Waals surface area contributed by atoms with Crippen LogP contribution in [0.1, 0.15) is 24.8 Å². The second-order valence-corrected chi connectivity index (χ2v) is 7.05. The summed E-state index contributed by atoms with van der Waals surface area (Å²) in [7, 11) is 0. The average molecular weight is 367 g/mol. The smallest absolute Gasteiger partial charge is 0.245 e. The van der Waals surface area contributed by atoms with Gasteiger partial charge in [-0.15, -0.1) is 0 Å². The first kappa shape index (κ1) is 17.3. The van der Waals surface area contributed by atoms with Crippen LogP contribution >= 0.6 is 23.2 Å². The Kier molecular flexibility index (Phi) is 5.16. The summed E-state index contributed by atoms with van der Waals surface area (Å²) in [6.07, 6.45) is 4.49. The number of piperidine rings is 1. The van der Waals surface area contributed by atoms with Crippen LogP contribution in [0.5, 0.6) is 0 Å². The van der Waals surface area contributed by atoms with Crippen molar-refractivity contribution in [1.29, 1.82) is 0 Å². The lowest BCUT2D eigenvalue weighted by atomic mass is 9.93. The molecule has 2 heterocycles. The molecule has 0 aliphatic carbocycles. The van der Waals surface area contributed by atoms with Crippen molar-refractivity contribution in [1.82, 2.24) is 4.90 Å². The number of benzene rings is 1. The number of halogens is 2. The van der Waals surface area contributed by atoms with Crippen LogP contribution in [-0.4, -0.2) is 36.3 Å². The van der Waals surface area contributed by atoms with E-state index in [1.54, 1.807) is 15.9 Å². The number of carbonyl (C=O) groups excluding carboxylic acids is 2. The van der Waals surface area contributed by atoms with E-state index in [9.17, 15) is 9.59 Å². The highest BCUT2D eigenvalue weighted by molar-refractivity contribution is 6.44. The summed E-state index contributed by atoms with van der Waals surface area (Å²) in [5.41, 5.74) is 1.84. The van der Waals surface area contributed by atoms with E-state index in [0.29, 0.717) is 42.5 Å². The molecule has 1 aromatic rings. The van der Waals surface area contributed by atoms with Crippen molar-refractivity contribution < 1.29 is 9.59 Å². The van der Waals surface area contributed by atoms with Crippen molar-refractivity contribution >= 4 is 40.7 Å². The predicted octanol–water partition coefficient (Wildman–Crippen LogP) is 3.70. The van der Waals surface area contributed by atoms with Crippen molar-refractivity contribution in [3.05, 3.63) is 40.4 Å². The van der Waals surface area contributed by atoms with E-state index in [1.165, 1.54) is 6.08 Å². The summed E-state index contributed by atoms with van der Waals surface area (Å²) in [4.78, 5) is 28.2. The summed E-state index contributed by atoms with van der Waals surface area (Å²) in [6.45, 7) is 5.35. The highest BCUT2D eigenvalue weighted by Crippen LogP contribution is 2.40. The molecule has 1 fully saturated rings. The second-order valence-electron chi connectivity index (χ2n) is 6.27. The standard InChI is InChI=1S/C18H20Cl2N2O2/c1-2-15(23)21-10-7-13(8-11-21)18(24)22-9-3-4-12-5-6-14(19)16(20)17(12)22/h2,5-6,13H,1,3-4,7-11H2. The zero-order chi connectivity index (χ0) is 17.3. The number of fused-ring (bicyclic) bond motifs is 1. The Morgan fingerprint density at radius 3 is 2.54 bits per heavy atom. The Balaban J connectivity index is 1.77. The molecule has 6 heteroatoms. The molecule has 0 unspecified atom stereocenters. The highest BCUT2D eigenvalue weighted by Gasteiger charge is 2.33. The molecule has 2 aliphatic heterocycles. The normalized spacial score (nSPS) is 18.2. The van der Waals surface area contributed by atoms with Gasteiger partial charge in [0.1, 0.15) is 0 Å². The van der Waals surface area contributed by atoms with Gasteiger partial charge < -0.3 is 9.80 Å². The van der Waals surface area contributed by atoms with E-state index < -0.39 is 0 Å². The number of rotatable bonds is 2. The van der Waals surface area contributed by atoms with Crippen LogP contribution in [0.2, 0.25) is 10.0 Å². The summed E-state index contributed by atoms with van der Waals surface area (Å²) in [5, 5.41) is 0.933. The van der Waals surface area contributed by atoms with Crippen molar-refractivity contribution in [2.24, 2.45) is 5.92 Å². The van der Waals surface area contributed by atoms with Gasteiger partial charge in [-0.1, -0.05) is 35.8 Å². The number of amides is 2. The topological polar surface area (TPSA) is 40.6 Å². The molecule has 128 valence electrons. The van der Waals surface area contributed by atoms with Crippen LogP contribution in [0.3, 0.4) is 0 Å². The largest absolute Gasteiger partial charge is 0.339 e. The molecule has 0 saturated carbocycles. The van der Waals surface area contributed by atoms with E-state index in [2.05, 4.69) is 6.58 Å². The van der Waals surface area contributed by atoms with Gasteiger partial charge in [0.05, 0.1) is 15.7 Å². The minimum atomic E-state index is -0.0835. The minimum Gasteiger partial charge on any atom is -0.339 e. The van der Waals surface area contributed by atoms with Gasteiger partial charge in [-0.05, 0) is 43.4 Å². The van der Waals surface area contributed by atoms with Gasteiger partial charge in [0, 0.05) is 25.6 Å². The fourth-order valence-corrected chi connectivity index (χ4v) is 3.97. The van der Waals surface area contributed by atoms with Crippen LogP contribution < -0.4 is 4.90 Å². The summed E-state index contributed by atoms with van der Waals surface area (Å²) < 4.78 is 0. The number of aryl methyl sites for hydroxylation is 1. The van der Waals surface area contributed by atoms with E-state index in [-0.39, 0.29) is 17.7 Å². The third-order valence-electron chi connectivity index (χ3n) is 4.85. The molecule has 0 N–H and O–H groups in total. The Morgan fingerprint density at radius 1 is 1.17 bits per heavy atom. The number of carbonyl (C=O) groups is 2. The Hall–Kier alpha value is -1.52. The first-order valence-corrected chi connectivity index (χ1v) is 8.98. The molecule has 2 aliphatic rings. The van der Waals surface area contributed by atoms with E-state index in [0.717, 1.165) is 24.1 Å². The first-order chi connectivity index (χ1) is 11.5. The molecule has 2 amide bonds. The first-order valence-electron chi connectivity index (χ1n) is 8.22. The highest BCUT2D eigenvalue weighted by atomic mass is 35.5. The zero-order valence-electron chi connectivity index (χ0n) is 13.4. The fraction of sp³-hybridized carbons (Fsp3) is 0.444. The lowest BCUT2D eigenvalue weighted by Crippen LogP contribution is -2.45. The number of anilines is 1. The van der Waals surface area contributed by atoms with Crippen LogP contribution in [-0.2, 0) is 16.0 Å². The number of hydrogen-bond donors (Lipinski definition) is 0. The van der Waals surface area contributed by atoms with Crippen LogP contribution in [0.4, 0.5) is 5.69 Å². The monoisotopic (exact) mass is 366 g/mol. The molecule has 1 aromatic carbocycles.